The maximum absolute atomic E-state index is 10.1. The van der Waals surface area contributed by atoms with E-state index in [-0.39, 0.29) is 12.0 Å². The Bertz CT molecular complexity index is 199. The maximum Gasteiger partial charge on any atom is 0.333 e. The Balaban J connectivity index is 0. The standard InChI is InChI=1S/C7H10O3.C2H3Cl/c1-3-4-6(8)5(2)7(9)10;1-2-3/h3,6,8H,1-2,4H2,(H,9,10);2H,1H2. The Morgan fingerprint density at radius 2 is 1.92 bits per heavy atom. The minimum atomic E-state index is -1.17. The summed E-state index contributed by atoms with van der Waals surface area (Å²) in [6.07, 6.45) is 0.666. The van der Waals surface area contributed by atoms with Gasteiger partial charge in [0.1, 0.15) is 0 Å². The monoisotopic (exact) mass is 204 g/mol. The summed E-state index contributed by atoms with van der Waals surface area (Å²) in [5.41, 5.74) is 1.03. The summed E-state index contributed by atoms with van der Waals surface area (Å²) in [5.74, 6) is -1.17. The van der Waals surface area contributed by atoms with Gasteiger partial charge >= 0.3 is 5.97 Å². The quantitative estimate of drug-likeness (QED) is 0.544. The molecule has 0 heterocycles. The van der Waals surface area contributed by atoms with E-state index in [1.807, 2.05) is 0 Å². The van der Waals surface area contributed by atoms with Crippen molar-refractivity contribution in [3.05, 3.63) is 36.9 Å². The minimum Gasteiger partial charge on any atom is -0.478 e. The Morgan fingerprint density at radius 3 is 2.15 bits per heavy atom. The molecule has 13 heavy (non-hydrogen) atoms. The van der Waals surface area contributed by atoms with Crippen LogP contribution in [0.4, 0.5) is 0 Å². The van der Waals surface area contributed by atoms with E-state index in [0.29, 0.717) is 0 Å². The van der Waals surface area contributed by atoms with Crippen molar-refractivity contribution in [1.29, 1.82) is 0 Å². The van der Waals surface area contributed by atoms with Gasteiger partial charge in [-0.25, -0.2) is 4.79 Å². The van der Waals surface area contributed by atoms with Gasteiger partial charge in [-0.2, -0.15) is 0 Å². The lowest BCUT2D eigenvalue weighted by Gasteiger charge is -2.05. The summed E-state index contributed by atoms with van der Waals surface area (Å²) in [7, 11) is 0. The van der Waals surface area contributed by atoms with Crippen molar-refractivity contribution < 1.29 is 15.0 Å². The number of aliphatic hydroxyl groups is 1. The van der Waals surface area contributed by atoms with Gasteiger partial charge in [0.25, 0.3) is 0 Å². The molecule has 0 bridgehead atoms. The zero-order valence-corrected chi connectivity index (χ0v) is 8.00. The summed E-state index contributed by atoms with van der Waals surface area (Å²) >= 11 is 4.76. The number of hydrogen-bond acceptors (Lipinski definition) is 2. The lowest BCUT2D eigenvalue weighted by Crippen LogP contribution is -2.15. The second-order valence-corrected chi connectivity index (χ2v) is 2.33. The van der Waals surface area contributed by atoms with E-state index in [1.165, 1.54) is 11.6 Å². The normalized spacial score (nSPS) is 10.3. The average Bonchev–Trinajstić information content (AvgIpc) is 2.04. The molecule has 1 unspecified atom stereocenters. The molecule has 0 aromatic heterocycles. The molecule has 0 aliphatic heterocycles. The van der Waals surface area contributed by atoms with Crippen LogP contribution in [0.2, 0.25) is 0 Å². The molecule has 2 N–H and O–H groups in total. The Kier molecular flexibility index (Phi) is 10.0. The predicted octanol–water partition coefficient (Wildman–Crippen LogP) is 1.93. The Hall–Kier alpha value is -1.06. The van der Waals surface area contributed by atoms with Crippen LogP contribution in [0.25, 0.3) is 0 Å². The van der Waals surface area contributed by atoms with Crippen LogP contribution in [-0.2, 0) is 4.79 Å². The molecule has 0 saturated carbocycles. The van der Waals surface area contributed by atoms with Crippen LogP contribution in [0.15, 0.2) is 36.9 Å². The zero-order valence-electron chi connectivity index (χ0n) is 7.24. The first-order valence-electron chi connectivity index (χ1n) is 3.43. The van der Waals surface area contributed by atoms with Crippen molar-refractivity contribution in [3.8, 4) is 0 Å². The summed E-state index contributed by atoms with van der Waals surface area (Å²) in [5, 5.41) is 17.2. The van der Waals surface area contributed by atoms with E-state index in [1.54, 1.807) is 0 Å². The maximum atomic E-state index is 10.1. The second-order valence-electron chi connectivity index (χ2n) is 2.02. The highest BCUT2D eigenvalue weighted by atomic mass is 35.5. The topological polar surface area (TPSA) is 57.5 Å². The number of aliphatic carboxylic acids is 1. The SMILES string of the molecule is C=CCC(O)C(=C)C(=O)O.C=CCl. The van der Waals surface area contributed by atoms with Gasteiger partial charge < -0.3 is 10.2 Å². The van der Waals surface area contributed by atoms with Gasteiger partial charge in [-0.15, -0.1) is 6.58 Å². The molecule has 0 fully saturated rings. The van der Waals surface area contributed by atoms with Crippen LogP contribution < -0.4 is 0 Å². The molecule has 0 radical (unpaired) electrons. The molecule has 0 rings (SSSR count). The van der Waals surface area contributed by atoms with Crippen molar-refractivity contribution in [2.45, 2.75) is 12.5 Å². The van der Waals surface area contributed by atoms with E-state index in [4.69, 9.17) is 21.8 Å². The Morgan fingerprint density at radius 1 is 1.54 bits per heavy atom. The number of hydrogen-bond donors (Lipinski definition) is 2. The van der Waals surface area contributed by atoms with Gasteiger partial charge in [0.15, 0.2) is 0 Å². The molecule has 3 nitrogen and oxygen atoms in total. The third-order valence-electron chi connectivity index (χ3n) is 1.07. The van der Waals surface area contributed by atoms with Crippen LogP contribution >= 0.6 is 11.6 Å². The summed E-state index contributed by atoms with van der Waals surface area (Å²) < 4.78 is 0. The molecule has 0 aliphatic rings. The van der Waals surface area contributed by atoms with E-state index in [9.17, 15) is 4.79 Å². The predicted molar refractivity (Wildman–Crippen MR) is 53.6 cm³/mol. The first-order chi connectivity index (χ1) is 6.01. The van der Waals surface area contributed by atoms with E-state index >= 15 is 0 Å². The molecule has 0 aromatic carbocycles. The van der Waals surface area contributed by atoms with Gasteiger partial charge in [0.05, 0.1) is 11.7 Å². The van der Waals surface area contributed by atoms with Crippen molar-refractivity contribution in [1.82, 2.24) is 0 Å². The van der Waals surface area contributed by atoms with E-state index < -0.39 is 12.1 Å². The zero-order chi connectivity index (χ0) is 10.9. The number of carbonyl (C=O) groups is 1. The first-order valence-corrected chi connectivity index (χ1v) is 3.87. The average molecular weight is 205 g/mol. The van der Waals surface area contributed by atoms with Gasteiger partial charge in [0, 0.05) is 0 Å². The third-order valence-corrected chi connectivity index (χ3v) is 1.07. The van der Waals surface area contributed by atoms with Crippen LogP contribution in [0.3, 0.4) is 0 Å². The van der Waals surface area contributed by atoms with Crippen LogP contribution in [-0.4, -0.2) is 22.3 Å². The summed E-state index contributed by atoms with van der Waals surface area (Å²) in [6, 6.07) is 0. The van der Waals surface area contributed by atoms with E-state index in [0.717, 1.165) is 0 Å². The number of carboxylic acid groups (broad SMARTS) is 1. The van der Waals surface area contributed by atoms with Crippen molar-refractivity contribution in [2.75, 3.05) is 0 Å². The largest absolute Gasteiger partial charge is 0.478 e. The molecule has 0 saturated heterocycles. The number of halogens is 1. The highest BCUT2D eigenvalue weighted by Crippen LogP contribution is 2.03. The lowest BCUT2D eigenvalue weighted by molar-refractivity contribution is -0.133. The highest BCUT2D eigenvalue weighted by Gasteiger charge is 2.12. The fourth-order valence-electron chi connectivity index (χ4n) is 0.443. The molecule has 4 heteroatoms. The number of carboxylic acids is 1. The molecular formula is C9H13ClO3. The molecular weight excluding hydrogens is 192 g/mol. The highest BCUT2D eigenvalue weighted by molar-refractivity contribution is 6.25. The van der Waals surface area contributed by atoms with Gasteiger partial charge in [0.2, 0.25) is 0 Å². The fourth-order valence-corrected chi connectivity index (χ4v) is 0.443. The van der Waals surface area contributed by atoms with Crippen molar-refractivity contribution >= 4 is 17.6 Å². The van der Waals surface area contributed by atoms with Gasteiger partial charge in [-0.3, -0.25) is 0 Å². The second kappa shape index (κ2) is 9.03. The van der Waals surface area contributed by atoms with Crippen molar-refractivity contribution in [3.63, 3.8) is 0 Å². The lowest BCUT2D eigenvalue weighted by atomic mass is 10.1. The Labute approximate surface area is 82.6 Å². The van der Waals surface area contributed by atoms with Crippen LogP contribution in [0.5, 0.6) is 0 Å². The van der Waals surface area contributed by atoms with Gasteiger partial charge in [-0.05, 0) is 12.0 Å². The number of aliphatic hydroxyl groups excluding tert-OH is 1. The van der Waals surface area contributed by atoms with Gasteiger partial charge in [-0.1, -0.05) is 30.8 Å². The summed E-state index contributed by atoms with van der Waals surface area (Å²) in [4.78, 5) is 10.1. The smallest absolute Gasteiger partial charge is 0.333 e. The molecule has 0 aliphatic carbocycles. The van der Waals surface area contributed by atoms with Crippen LogP contribution in [0, 0.1) is 0 Å². The van der Waals surface area contributed by atoms with Crippen LogP contribution in [0.1, 0.15) is 6.42 Å². The number of rotatable bonds is 4. The van der Waals surface area contributed by atoms with Crippen molar-refractivity contribution in [2.24, 2.45) is 0 Å². The summed E-state index contributed by atoms with van der Waals surface area (Å²) in [6.45, 7) is 9.65. The van der Waals surface area contributed by atoms with E-state index in [2.05, 4.69) is 19.7 Å². The third kappa shape index (κ3) is 8.85. The molecule has 0 amide bonds. The molecule has 0 spiro atoms. The minimum absolute atomic E-state index is 0.195. The molecule has 0 aromatic rings. The first kappa shape index (κ1) is 14.5. The molecule has 1 atom stereocenters. The fraction of sp³-hybridized carbons (Fsp3) is 0.222. The molecule has 74 valence electrons.